The second kappa shape index (κ2) is 13.7. The van der Waals surface area contributed by atoms with Crippen LogP contribution >= 0.6 is 0 Å². The molecule has 0 amide bonds. The molecule has 0 spiro atoms. The van der Waals surface area contributed by atoms with Gasteiger partial charge in [0.25, 0.3) is 0 Å². The Kier molecular flexibility index (Phi) is 8.19. The van der Waals surface area contributed by atoms with Crippen molar-refractivity contribution in [2.75, 3.05) is 0 Å². The van der Waals surface area contributed by atoms with Crippen LogP contribution in [0.1, 0.15) is 11.1 Å². The molecule has 1 aliphatic heterocycles. The van der Waals surface area contributed by atoms with Gasteiger partial charge in [-0.1, -0.05) is 170 Å². The summed E-state index contributed by atoms with van der Waals surface area (Å²) in [6, 6.07) is 67.0. The number of nitrogens with zero attached hydrogens (tertiary/aromatic N) is 6. The summed E-state index contributed by atoms with van der Waals surface area (Å²) >= 11 is 0. The summed E-state index contributed by atoms with van der Waals surface area (Å²) in [5, 5.41) is 16.4. The number of hydrazone groups is 1. The maximum Gasteiger partial charge on any atom is 0.376 e. The molecule has 0 aliphatic carbocycles. The van der Waals surface area contributed by atoms with Crippen LogP contribution in [0.3, 0.4) is 0 Å². The zero-order valence-electron chi connectivity index (χ0n) is 28.4. The molecule has 1 aliphatic rings. The van der Waals surface area contributed by atoms with Gasteiger partial charge in [-0.2, -0.15) is 0 Å². The van der Waals surface area contributed by atoms with E-state index >= 15 is 0 Å². The molecule has 0 saturated heterocycles. The summed E-state index contributed by atoms with van der Waals surface area (Å²) in [5.41, 5.74) is 11.9. The molecule has 0 saturated carbocycles. The predicted molar refractivity (Wildman–Crippen MR) is 213 cm³/mol. The zero-order chi connectivity index (χ0) is 34.7. The average molecular weight is 670 g/mol. The van der Waals surface area contributed by atoms with Gasteiger partial charge in [0.05, 0.1) is 22.6 Å². The summed E-state index contributed by atoms with van der Waals surface area (Å²) in [6.07, 6.45) is 2.19. The highest BCUT2D eigenvalue weighted by molar-refractivity contribution is 6.55. The highest BCUT2D eigenvalue weighted by Crippen LogP contribution is 2.34. The van der Waals surface area contributed by atoms with Crippen molar-refractivity contribution < 1.29 is 0 Å². The van der Waals surface area contributed by atoms with E-state index in [1.165, 1.54) is 0 Å². The normalized spacial score (nSPS) is 12.6. The SMILES string of the molecule is C1=C(c2ccccc2)N([BH-](n2nc(-c3ccccc3)cc2-c2ccccc2)n2nc(-c3ccccc3)cc2-c2ccccc2)[N+]=C1c1ccccc1. The Balaban J connectivity index is 1.35. The first-order valence-corrected chi connectivity index (χ1v) is 17.6. The van der Waals surface area contributed by atoms with Crippen molar-refractivity contribution in [3.05, 3.63) is 211 Å². The Morgan fingerprint density at radius 2 is 0.731 bits per heavy atom. The fourth-order valence-corrected chi connectivity index (χ4v) is 7.05. The number of benzene rings is 6. The Labute approximate surface area is 303 Å². The summed E-state index contributed by atoms with van der Waals surface area (Å²) in [4.78, 5) is 2.17. The van der Waals surface area contributed by atoms with Gasteiger partial charge in [-0.25, -0.2) is 15.1 Å². The van der Waals surface area contributed by atoms with Crippen LogP contribution in [0.15, 0.2) is 200 Å². The molecule has 8 aromatic rings. The molecule has 6 nitrogen and oxygen atoms in total. The molecule has 247 valence electrons. The van der Waals surface area contributed by atoms with Gasteiger partial charge in [-0.05, 0) is 41.0 Å². The van der Waals surface area contributed by atoms with Gasteiger partial charge in [0, 0.05) is 28.6 Å². The molecular formula is C45H34BN6. The van der Waals surface area contributed by atoms with Crippen molar-refractivity contribution >= 4 is 18.5 Å². The lowest BCUT2D eigenvalue weighted by molar-refractivity contribution is 0.542. The Bertz CT molecular complexity index is 2370. The minimum Gasteiger partial charge on any atom is -0.393 e. The molecule has 3 heterocycles. The molecule has 9 rings (SSSR count). The molecule has 2 aromatic heterocycles. The van der Waals surface area contributed by atoms with Gasteiger partial charge in [-0.15, -0.1) is 0 Å². The lowest BCUT2D eigenvalue weighted by Crippen LogP contribution is -2.52. The number of allylic oxidation sites excluding steroid dienone is 1. The number of aromatic nitrogens is 4. The monoisotopic (exact) mass is 669 g/mol. The average Bonchev–Trinajstić information content (AvgIpc) is 3.99. The lowest BCUT2D eigenvalue weighted by Gasteiger charge is -2.32. The smallest absolute Gasteiger partial charge is 0.376 e. The van der Waals surface area contributed by atoms with E-state index in [1.807, 2.05) is 36.4 Å². The Hall–Kier alpha value is -6.99. The largest absolute Gasteiger partial charge is 0.393 e. The van der Waals surface area contributed by atoms with E-state index in [9.17, 15) is 0 Å². The molecule has 6 aromatic carbocycles. The van der Waals surface area contributed by atoms with E-state index in [-0.39, 0.29) is 0 Å². The van der Waals surface area contributed by atoms with Gasteiger partial charge in [0.2, 0.25) is 0 Å². The lowest BCUT2D eigenvalue weighted by atomic mass is 9.88. The van der Waals surface area contributed by atoms with E-state index in [0.29, 0.717) is 0 Å². The van der Waals surface area contributed by atoms with Crippen molar-refractivity contribution in [1.82, 2.24) is 29.4 Å². The van der Waals surface area contributed by atoms with Gasteiger partial charge in [-0.3, -0.25) is 0 Å². The minimum atomic E-state index is -1.96. The number of hydrogen-bond donors (Lipinski definition) is 0. The summed E-state index contributed by atoms with van der Waals surface area (Å²) in [6.45, 7) is 0. The van der Waals surface area contributed by atoms with Crippen molar-refractivity contribution in [1.29, 1.82) is 0 Å². The summed E-state index contributed by atoms with van der Waals surface area (Å²) < 4.78 is 4.33. The topological polar surface area (TPSA) is 53.0 Å². The van der Waals surface area contributed by atoms with E-state index in [0.717, 1.165) is 67.6 Å². The number of hydrogen-bond acceptors (Lipinski definition) is 4. The third-order valence-corrected chi connectivity index (χ3v) is 9.56. The first-order valence-electron chi connectivity index (χ1n) is 17.6. The Morgan fingerprint density at radius 1 is 0.385 bits per heavy atom. The minimum absolute atomic E-state index is 0.880. The van der Waals surface area contributed by atoms with E-state index in [2.05, 4.69) is 178 Å². The first kappa shape index (κ1) is 31.0. The maximum absolute atomic E-state index is 5.48. The fraction of sp³-hybridized carbons (Fsp3) is 0. The highest BCUT2D eigenvalue weighted by atomic mass is 15.6. The van der Waals surface area contributed by atoms with Crippen molar-refractivity contribution in [2.24, 2.45) is 0 Å². The standard InChI is InChI=1S/C45H34BN6/c1-7-19-34(20-8-1)40-31-43(37-25-13-4-14-26-37)50(47-40)46(51-44(38-27-15-5-16-28-38)32-41(48-51)35-21-9-2-10-22-35)52-45(39-29-17-6-18-30-39)33-42(49-52)36-23-11-3-12-24-36/h1-33,46H. The molecule has 52 heavy (non-hydrogen) atoms. The molecule has 0 unspecified atom stereocenters. The van der Waals surface area contributed by atoms with Crippen LogP contribution in [0.25, 0.3) is 50.7 Å². The quantitative estimate of drug-likeness (QED) is 0.144. The molecule has 0 atom stereocenters. The molecular weight excluding hydrogens is 635 g/mol. The predicted octanol–water partition coefficient (Wildman–Crippen LogP) is 8.96. The molecule has 7 heteroatoms. The van der Waals surface area contributed by atoms with Crippen LogP contribution < -0.4 is 5.10 Å². The van der Waals surface area contributed by atoms with Crippen LogP contribution in [0.5, 0.6) is 0 Å². The van der Waals surface area contributed by atoms with Gasteiger partial charge in [0.15, 0.2) is 0 Å². The van der Waals surface area contributed by atoms with Crippen LogP contribution in [0.2, 0.25) is 0 Å². The second-order valence-electron chi connectivity index (χ2n) is 12.9. The maximum atomic E-state index is 5.48. The molecule has 0 fully saturated rings. The third-order valence-electron chi connectivity index (χ3n) is 9.56. The van der Waals surface area contributed by atoms with Gasteiger partial charge in [0.1, 0.15) is 5.10 Å². The van der Waals surface area contributed by atoms with Crippen LogP contribution in [0.4, 0.5) is 0 Å². The van der Waals surface area contributed by atoms with Gasteiger partial charge >= 0.3 is 12.8 Å². The van der Waals surface area contributed by atoms with Crippen molar-refractivity contribution in [3.8, 4) is 45.0 Å². The summed E-state index contributed by atoms with van der Waals surface area (Å²) in [7, 11) is -1.96. The van der Waals surface area contributed by atoms with Crippen LogP contribution in [-0.2, 0) is 0 Å². The zero-order valence-corrected chi connectivity index (χ0v) is 28.4. The number of rotatable bonds is 9. The van der Waals surface area contributed by atoms with Crippen molar-refractivity contribution in [2.45, 2.75) is 0 Å². The highest BCUT2D eigenvalue weighted by Gasteiger charge is 2.38. The summed E-state index contributed by atoms with van der Waals surface area (Å²) in [5.74, 6) is 0. The molecule has 0 N–H and O–H groups in total. The Morgan fingerprint density at radius 3 is 1.13 bits per heavy atom. The van der Waals surface area contributed by atoms with Crippen LogP contribution in [-0.4, -0.2) is 37.1 Å². The van der Waals surface area contributed by atoms with E-state index < -0.39 is 7.12 Å². The fourth-order valence-electron chi connectivity index (χ4n) is 7.05. The van der Waals surface area contributed by atoms with Gasteiger partial charge < -0.3 is 9.19 Å². The molecule has 0 bridgehead atoms. The van der Waals surface area contributed by atoms with Crippen molar-refractivity contribution in [3.63, 3.8) is 0 Å². The third kappa shape index (κ3) is 5.95. The van der Waals surface area contributed by atoms with E-state index in [4.69, 9.17) is 15.3 Å². The molecule has 1 radical (unpaired) electrons. The second-order valence-corrected chi connectivity index (χ2v) is 12.9. The van der Waals surface area contributed by atoms with E-state index in [1.54, 1.807) is 0 Å². The first-order chi connectivity index (χ1) is 25.8. The van der Waals surface area contributed by atoms with Crippen LogP contribution in [0, 0.1) is 0 Å².